The Balaban J connectivity index is 1.75. The maximum Gasteiger partial charge on any atom is 0.411 e. The Morgan fingerprint density at radius 3 is 2.79 bits per heavy atom. The lowest BCUT2D eigenvalue weighted by Gasteiger charge is -2.13. The van der Waals surface area contributed by atoms with E-state index in [1.807, 2.05) is 57.2 Å². The summed E-state index contributed by atoms with van der Waals surface area (Å²) < 4.78 is 5.16. The first-order valence-electron chi connectivity index (χ1n) is 9.06. The molecule has 0 radical (unpaired) electrons. The molecule has 2 N–H and O–H groups in total. The topological polar surface area (TPSA) is 89.0 Å². The van der Waals surface area contributed by atoms with Gasteiger partial charge in [0.05, 0.1) is 12.3 Å². The predicted octanol–water partition coefficient (Wildman–Crippen LogP) is 4.80. The largest absolute Gasteiger partial charge is 0.449 e. The first-order valence-corrected chi connectivity index (χ1v) is 9.06. The highest BCUT2D eigenvalue weighted by Crippen LogP contribution is 2.24. The van der Waals surface area contributed by atoms with Crippen LogP contribution in [-0.2, 0) is 4.74 Å². The van der Waals surface area contributed by atoms with Crippen LogP contribution >= 0.6 is 0 Å². The summed E-state index contributed by atoms with van der Waals surface area (Å²) >= 11 is 0. The zero-order valence-corrected chi connectivity index (χ0v) is 16.1. The van der Waals surface area contributed by atoms with Gasteiger partial charge in [0.2, 0.25) is 5.95 Å². The Kier molecular flexibility index (Phi) is 6.16. The van der Waals surface area contributed by atoms with Gasteiger partial charge in [0, 0.05) is 35.5 Å². The van der Waals surface area contributed by atoms with Crippen molar-refractivity contribution in [3.8, 4) is 11.3 Å². The molecule has 3 aromatic rings. The molecule has 1 amide bonds. The van der Waals surface area contributed by atoms with Crippen molar-refractivity contribution in [3.63, 3.8) is 0 Å². The Bertz CT molecular complexity index is 945. The highest BCUT2D eigenvalue weighted by Gasteiger charge is 2.08. The minimum Gasteiger partial charge on any atom is -0.449 e. The molecule has 0 bridgehead atoms. The fraction of sp³-hybridized carbons (Fsp3) is 0.238. The van der Waals surface area contributed by atoms with E-state index >= 15 is 0 Å². The normalized spacial score (nSPS) is 10.6. The Morgan fingerprint density at radius 2 is 2.04 bits per heavy atom. The van der Waals surface area contributed by atoms with Gasteiger partial charge < -0.3 is 10.1 Å². The van der Waals surface area contributed by atoms with Gasteiger partial charge in [-0.3, -0.25) is 10.3 Å². The second-order valence-corrected chi connectivity index (χ2v) is 6.78. The monoisotopic (exact) mass is 377 g/mol. The number of hydrogen-bond donors (Lipinski definition) is 2. The van der Waals surface area contributed by atoms with Crippen LogP contribution in [0.15, 0.2) is 55.0 Å². The van der Waals surface area contributed by atoms with Gasteiger partial charge in [-0.15, -0.1) is 0 Å². The maximum atomic E-state index is 11.9. The number of ether oxygens (including phenoxy) is 1. The molecular weight excluding hydrogens is 354 g/mol. The van der Waals surface area contributed by atoms with Crippen LogP contribution in [0.3, 0.4) is 0 Å². The third kappa shape index (κ3) is 5.26. The van der Waals surface area contributed by atoms with Gasteiger partial charge in [-0.25, -0.2) is 14.8 Å². The minimum atomic E-state index is -0.474. The first-order chi connectivity index (χ1) is 13.5. The van der Waals surface area contributed by atoms with Gasteiger partial charge in [0.15, 0.2) is 0 Å². The number of hydrogen-bond acceptors (Lipinski definition) is 6. The van der Waals surface area contributed by atoms with Crippen LogP contribution in [0.1, 0.15) is 19.4 Å². The van der Waals surface area contributed by atoms with Crippen molar-refractivity contribution in [1.82, 2.24) is 15.0 Å². The number of anilines is 3. The number of benzene rings is 1. The van der Waals surface area contributed by atoms with Crippen molar-refractivity contribution in [2.24, 2.45) is 5.92 Å². The lowest BCUT2D eigenvalue weighted by molar-refractivity contribution is 0.147. The van der Waals surface area contributed by atoms with Crippen molar-refractivity contribution >= 4 is 23.4 Å². The second-order valence-electron chi connectivity index (χ2n) is 6.78. The molecule has 144 valence electrons. The summed E-state index contributed by atoms with van der Waals surface area (Å²) in [6.45, 7) is 6.31. The van der Waals surface area contributed by atoms with E-state index in [0.29, 0.717) is 18.2 Å². The molecular formula is C21H23N5O2. The van der Waals surface area contributed by atoms with Gasteiger partial charge >= 0.3 is 6.09 Å². The van der Waals surface area contributed by atoms with Crippen LogP contribution in [0.4, 0.5) is 22.1 Å². The Morgan fingerprint density at radius 1 is 1.18 bits per heavy atom. The standard InChI is InChI=1S/C21H23N5O2/c1-14(2)13-28-21(27)24-17-7-6-15(3)19(11-17)26-20-23-10-8-18(25-20)16-5-4-9-22-12-16/h4-12,14H,13H2,1-3H3,(H,24,27)(H,23,25,26). The zero-order chi connectivity index (χ0) is 19.9. The Hall–Kier alpha value is -3.48. The van der Waals surface area contributed by atoms with Gasteiger partial charge in [-0.1, -0.05) is 19.9 Å². The molecule has 0 saturated heterocycles. The molecule has 2 heterocycles. The van der Waals surface area contributed by atoms with E-state index in [1.54, 1.807) is 18.6 Å². The van der Waals surface area contributed by atoms with Crippen LogP contribution in [-0.4, -0.2) is 27.7 Å². The van der Waals surface area contributed by atoms with Crippen LogP contribution in [0.5, 0.6) is 0 Å². The zero-order valence-electron chi connectivity index (χ0n) is 16.1. The summed E-state index contributed by atoms with van der Waals surface area (Å²) in [5, 5.41) is 5.95. The molecule has 0 aliphatic rings. The van der Waals surface area contributed by atoms with Gasteiger partial charge in [0.25, 0.3) is 0 Å². The average Bonchev–Trinajstić information content (AvgIpc) is 2.70. The van der Waals surface area contributed by atoms with E-state index in [2.05, 4.69) is 25.6 Å². The molecule has 3 rings (SSSR count). The Labute approximate surface area is 164 Å². The van der Waals surface area contributed by atoms with E-state index in [4.69, 9.17) is 4.74 Å². The number of rotatable bonds is 6. The maximum absolute atomic E-state index is 11.9. The minimum absolute atomic E-state index is 0.283. The van der Waals surface area contributed by atoms with Crippen molar-refractivity contribution in [1.29, 1.82) is 0 Å². The third-order valence-electron chi connectivity index (χ3n) is 3.89. The van der Waals surface area contributed by atoms with Crippen molar-refractivity contribution in [2.45, 2.75) is 20.8 Å². The summed E-state index contributed by atoms with van der Waals surface area (Å²) in [5.41, 5.74) is 4.11. The number of aromatic nitrogens is 3. The highest BCUT2D eigenvalue weighted by atomic mass is 16.5. The molecule has 0 atom stereocenters. The number of nitrogens with one attached hydrogen (secondary N) is 2. The van der Waals surface area contributed by atoms with Crippen molar-refractivity contribution < 1.29 is 9.53 Å². The molecule has 0 unspecified atom stereocenters. The lowest BCUT2D eigenvalue weighted by atomic mass is 10.2. The number of carbonyl (C=O) groups excluding carboxylic acids is 1. The molecule has 2 aromatic heterocycles. The number of aryl methyl sites for hydroxylation is 1. The molecule has 28 heavy (non-hydrogen) atoms. The fourth-order valence-corrected chi connectivity index (χ4v) is 2.45. The van der Waals surface area contributed by atoms with E-state index in [-0.39, 0.29) is 5.92 Å². The quantitative estimate of drug-likeness (QED) is 0.642. The predicted molar refractivity (Wildman–Crippen MR) is 110 cm³/mol. The van der Waals surface area contributed by atoms with Gasteiger partial charge in [-0.05, 0) is 48.7 Å². The molecule has 0 spiro atoms. The summed E-state index contributed by atoms with van der Waals surface area (Å²) in [4.78, 5) is 24.8. The average molecular weight is 377 g/mol. The van der Waals surface area contributed by atoms with Gasteiger partial charge in [0.1, 0.15) is 0 Å². The third-order valence-corrected chi connectivity index (χ3v) is 3.89. The summed E-state index contributed by atoms with van der Waals surface area (Å²) in [6.07, 6.45) is 4.69. The number of nitrogens with zero attached hydrogens (tertiary/aromatic N) is 3. The van der Waals surface area contributed by atoms with E-state index in [9.17, 15) is 4.79 Å². The van der Waals surface area contributed by atoms with E-state index in [1.165, 1.54) is 0 Å². The van der Waals surface area contributed by atoms with Crippen molar-refractivity contribution in [2.75, 3.05) is 17.2 Å². The second kappa shape index (κ2) is 8.94. The smallest absolute Gasteiger partial charge is 0.411 e. The van der Waals surface area contributed by atoms with Gasteiger partial charge in [-0.2, -0.15) is 0 Å². The molecule has 0 fully saturated rings. The summed E-state index contributed by atoms with van der Waals surface area (Å²) in [7, 11) is 0. The fourth-order valence-electron chi connectivity index (χ4n) is 2.45. The van der Waals surface area contributed by atoms with Crippen LogP contribution < -0.4 is 10.6 Å². The van der Waals surface area contributed by atoms with Crippen LogP contribution in [0.25, 0.3) is 11.3 Å². The SMILES string of the molecule is Cc1ccc(NC(=O)OCC(C)C)cc1Nc1nccc(-c2cccnc2)n1. The first kappa shape index (κ1) is 19.3. The van der Waals surface area contributed by atoms with Crippen molar-refractivity contribution in [3.05, 3.63) is 60.6 Å². The van der Waals surface area contributed by atoms with E-state index < -0.39 is 6.09 Å². The summed E-state index contributed by atoms with van der Waals surface area (Å²) in [5.74, 6) is 0.745. The number of pyridine rings is 1. The highest BCUT2D eigenvalue weighted by molar-refractivity contribution is 5.86. The number of amides is 1. The molecule has 7 nitrogen and oxygen atoms in total. The van der Waals surface area contributed by atoms with E-state index in [0.717, 1.165) is 22.5 Å². The number of carbonyl (C=O) groups is 1. The van der Waals surface area contributed by atoms with Crippen LogP contribution in [0, 0.1) is 12.8 Å². The molecule has 0 saturated carbocycles. The molecule has 1 aromatic carbocycles. The summed E-state index contributed by atoms with van der Waals surface area (Å²) in [6, 6.07) is 11.2. The lowest BCUT2D eigenvalue weighted by Crippen LogP contribution is -2.16. The molecule has 7 heteroatoms. The van der Waals surface area contributed by atoms with Crippen LogP contribution in [0.2, 0.25) is 0 Å². The molecule has 0 aliphatic heterocycles. The molecule has 0 aliphatic carbocycles.